The van der Waals surface area contributed by atoms with Gasteiger partial charge in [0.1, 0.15) is 6.61 Å². The zero-order valence-corrected chi connectivity index (χ0v) is 10.7. The summed E-state index contributed by atoms with van der Waals surface area (Å²) in [5.41, 5.74) is -0.0982. The molecular weight excluding hydrogens is 246 g/mol. The molecule has 1 aromatic rings. The zero-order valence-electron chi connectivity index (χ0n) is 10.7. The highest BCUT2D eigenvalue weighted by Crippen LogP contribution is 2.27. The van der Waals surface area contributed by atoms with Gasteiger partial charge in [0.15, 0.2) is 11.5 Å². The summed E-state index contributed by atoms with van der Waals surface area (Å²) in [6.07, 6.45) is 5.19. The van der Waals surface area contributed by atoms with Crippen molar-refractivity contribution in [2.24, 2.45) is 5.92 Å². The Hall–Kier alpha value is -1.91. The van der Waals surface area contributed by atoms with Gasteiger partial charge in [0, 0.05) is 12.0 Å². The van der Waals surface area contributed by atoms with Crippen LogP contribution in [0.1, 0.15) is 32.1 Å². The SMILES string of the molecule is O=C(COc1ccccc1[N+](=O)[O-])C1CCCCC1. The van der Waals surface area contributed by atoms with E-state index in [-0.39, 0.29) is 29.7 Å². The molecule has 0 unspecified atom stereocenters. The molecule has 1 aromatic carbocycles. The molecule has 0 amide bonds. The fraction of sp³-hybridized carbons (Fsp3) is 0.500. The largest absolute Gasteiger partial charge is 0.479 e. The molecule has 5 heteroatoms. The Kier molecular flexibility index (Phi) is 4.49. The standard InChI is InChI=1S/C14H17NO4/c16-13(11-6-2-1-3-7-11)10-19-14-9-5-4-8-12(14)15(17)18/h4-5,8-9,11H,1-3,6-7,10H2. The number of ketones is 1. The van der Waals surface area contributed by atoms with Crippen LogP contribution in [-0.2, 0) is 4.79 Å². The first-order valence-corrected chi connectivity index (χ1v) is 6.57. The smallest absolute Gasteiger partial charge is 0.310 e. The van der Waals surface area contributed by atoms with E-state index in [1.165, 1.54) is 18.6 Å². The van der Waals surface area contributed by atoms with Gasteiger partial charge in [-0.25, -0.2) is 0 Å². The zero-order chi connectivity index (χ0) is 13.7. The fourth-order valence-corrected chi connectivity index (χ4v) is 2.42. The van der Waals surface area contributed by atoms with Crippen molar-refractivity contribution in [2.45, 2.75) is 32.1 Å². The molecule has 1 aliphatic rings. The summed E-state index contributed by atoms with van der Waals surface area (Å²) < 4.78 is 5.32. The summed E-state index contributed by atoms with van der Waals surface area (Å²) in [5, 5.41) is 10.8. The van der Waals surface area contributed by atoms with Crippen molar-refractivity contribution in [3.05, 3.63) is 34.4 Å². The minimum atomic E-state index is -0.500. The third-order valence-electron chi connectivity index (χ3n) is 3.49. The lowest BCUT2D eigenvalue weighted by Crippen LogP contribution is -2.23. The van der Waals surface area contributed by atoms with Gasteiger partial charge in [0.25, 0.3) is 0 Å². The third-order valence-corrected chi connectivity index (χ3v) is 3.49. The van der Waals surface area contributed by atoms with Crippen molar-refractivity contribution < 1.29 is 14.5 Å². The molecule has 0 aromatic heterocycles. The van der Waals surface area contributed by atoms with E-state index in [2.05, 4.69) is 0 Å². The lowest BCUT2D eigenvalue weighted by molar-refractivity contribution is -0.385. The molecule has 1 fully saturated rings. The van der Waals surface area contributed by atoms with Gasteiger partial charge in [-0.2, -0.15) is 0 Å². The predicted octanol–water partition coefficient (Wildman–Crippen LogP) is 3.12. The molecule has 0 spiro atoms. The number of carbonyl (C=O) groups excluding carboxylic acids is 1. The molecule has 0 atom stereocenters. The van der Waals surface area contributed by atoms with Crippen LogP contribution in [0.3, 0.4) is 0 Å². The number of rotatable bonds is 5. The second-order valence-corrected chi connectivity index (χ2v) is 4.81. The molecule has 1 aliphatic carbocycles. The van der Waals surface area contributed by atoms with Gasteiger partial charge >= 0.3 is 5.69 Å². The second kappa shape index (κ2) is 6.31. The van der Waals surface area contributed by atoms with Crippen molar-refractivity contribution in [1.82, 2.24) is 0 Å². The lowest BCUT2D eigenvalue weighted by atomic mass is 9.86. The molecule has 0 saturated heterocycles. The first-order valence-electron chi connectivity index (χ1n) is 6.57. The highest BCUT2D eigenvalue weighted by atomic mass is 16.6. The quantitative estimate of drug-likeness (QED) is 0.604. The number of nitrogens with zero attached hydrogens (tertiary/aromatic N) is 1. The summed E-state index contributed by atoms with van der Waals surface area (Å²) in [4.78, 5) is 22.3. The van der Waals surface area contributed by atoms with E-state index in [4.69, 9.17) is 4.74 Å². The molecule has 2 rings (SSSR count). The molecule has 102 valence electrons. The maximum absolute atomic E-state index is 12.0. The van der Waals surface area contributed by atoms with Crippen LogP contribution < -0.4 is 4.74 Å². The number of nitro groups is 1. The summed E-state index contributed by atoms with van der Waals surface area (Å²) >= 11 is 0. The molecule has 0 radical (unpaired) electrons. The minimum absolute atomic E-state index is 0.0536. The molecule has 5 nitrogen and oxygen atoms in total. The Morgan fingerprint density at radius 2 is 1.95 bits per heavy atom. The lowest BCUT2D eigenvalue weighted by Gasteiger charge is -2.20. The number of carbonyl (C=O) groups is 1. The number of hydrogen-bond donors (Lipinski definition) is 0. The van der Waals surface area contributed by atoms with E-state index in [1.807, 2.05) is 0 Å². The summed E-state index contributed by atoms with van der Waals surface area (Å²) in [6, 6.07) is 6.13. The number of nitro benzene ring substituents is 1. The highest BCUT2D eigenvalue weighted by Gasteiger charge is 2.22. The van der Waals surface area contributed by atoms with E-state index >= 15 is 0 Å². The van der Waals surface area contributed by atoms with Crippen molar-refractivity contribution >= 4 is 11.5 Å². The maximum atomic E-state index is 12.0. The first-order chi connectivity index (χ1) is 9.18. The highest BCUT2D eigenvalue weighted by molar-refractivity contribution is 5.82. The fourth-order valence-electron chi connectivity index (χ4n) is 2.42. The summed E-state index contributed by atoms with van der Waals surface area (Å²) in [6.45, 7) is -0.0739. The van der Waals surface area contributed by atoms with Gasteiger partial charge in [-0.1, -0.05) is 31.4 Å². The Morgan fingerprint density at radius 1 is 1.26 bits per heavy atom. The van der Waals surface area contributed by atoms with Crippen molar-refractivity contribution in [3.8, 4) is 5.75 Å². The molecule has 1 saturated carbocycles. The average Bonchev–Trinajstić information content (AvgIpc) is 2.46. The monoisotopic (exact) mass is 263 g/mol. The molecule has 19 heavy (non-hydrogen) atoms. The van der Waals surface area contributed by atoms with Crippen LogP contribution in [-0.4, -0.2) is 17.3 Å². The Balaban J connectivity index is 1.94. The molecule has 0 N–H and O–H groups in total. The van der Waals surface area contributed by atoms with Crippen LogP contribution in [0.4, 0.5) is 5.69 Å². The van der Waals surface area contributed by atoms with Crippen LogP contribution in [0.5, 0.6) is 5.75 Å². The number of para-hydroxylation sites is 2. The topological polar surface area (TPSA) is 69.4 Å². The molecule has 0 aliphatic heterocycles. The van der Waals surface area contributed by atoms with Gasteiger partial charge in [-0.3, -0.25) is 14.9 Å². The van der Waals surface area contributed by atoms with Crippen LogP contribution in [0, 0.1) is 16.0 Å². The average molecular weight is 263 g/mol. The van der Waals surface area contributed by atoms with E-state index in [9.17, 15) is 14.9 Å². The first kappa shape index (κ1) is 13.5. The van der Waals surface area contributed by atoms with Crippen molar-refractivity contribution in [3.63, 3.8) is 0 Å². The van der Waals surface area contributed by atoms with Crippen LogP contribution in [0.15, 0.2) is 24.3 Å². The van der Waals surface area contributed by atoms with Gasteiger partial charge < -0.3 is 4.74 Å². The minimum Gasteiger partial charge on any atom is -0.479 e. The van der Waals surface area contributed by atoms with E-state index in [1.54, 1.807) is 12.1 Å². The Bertz CT molecular complexity index is 466. The number of ether oxygens (including phenoxy) is 1. The van der Waals surface area contributed by atoms with Gasteiger partial charge in [-0.15, -0.1) is 0 Å². The van der Waals surface area contributed by atoms with Crippen LogP contribution in [0.2, 0.25) is 0 Å². The molecule has 0 heterocycles. The number of hydrogen-bond acceptors (Lipinski definition) is 4. The molecule has 0 bridgehead atoms. The summed E-state index contributed by atoms with van der Waals surface area (Å²) in [7, 11) is 0. The van der Waals surface area contributed by atoms with E-state index in [0.717, 1.165) is 25.7 Å². The van der Waals surface area contributed by atoms with Crippen LogP contribution in [0.25, 0.3) is 0 Å². The van der Waals surface area contributed by atoms with Crippen LogP contribution >= 0.6 is 0 Å². The maximum Gasteiger partial charge on any atom is 0.310 e. The second-order valence-electron chi connectivity index (χ2n) is 4.81. The van der Waals surface area contributed by atoms with Crippen molar-refractivity contribution in [2.75, 3.05) is 6.61 Å². The third kappa shape index (κ3) is 3.53. The van der Waals surface area contributed by atoms with Gasteiger partial charge in [0.2, 0.25) is 0 Å². The Labute approximate surface area is 111 Å². The van der Waals surface area contributed by atoms with E-state index in [0.29, 0.717) is 0 Å². The summed E-state index contributed by atoms with van der Waals surface area (Å²) in [5.74, 6) is 0.283. The van der Waals surface area contributed by atoms with Gasteiger partial charge in [0.05, 0.1) is 4.92 Å². The predicted molar refractivity (Wildman–Crippen MR) is 70.2 cm³/mol. The normalized spacial score (nSPS) is 16.0. The molecular formula is C14H17NO4. The Morgan fingerprint density at radius 3 is 2.63 bits per heavy atom. The van der Waals surface area contributed by atoms with Crippen molar-refractivity contribution in [1.29, 1.82) is 0 Å². The number of Topliss-reactive ketones (excluding diaryl/α,β-unsaturated/α-hetero) is 1. The van der Waals surface area contributed by atoms with Gasteiger partial charge in [-0.05, 0) is 18.9 Å². The van der Waals surface area contributed by atoms with E-state index < -0.39 is 4.92 Å². The number of benzene rings is 1.